The summed E-state index contributed by atoms with van der Waals surface area (Å²) < 4.78 is 0. The maximum absolute atomic E-state index is 11.1. The predicted molar refractivity (Wildman–Crippen MR) is 67.3 cm³/mol. The molecule has 1 amide bonds. The molecular weight excluding hydrogens is 200 g/mol. The monoisotopic (exact) mass is 224 g/mol. The normalized spacial score (nSPS) is 17.8. The topological polar surface area (TPSA) is 41.1 Å². The summed E-state index contributed by atoms with van der Waals surface area (Å²) in [4.78, 5) is 11.1. The number of hydrogen-bond acceptors (Lipinski definition) is 2. The molecule has 0 unspecified atom stereocenters. The zero-order chi connectivity index (χ0) is 11.6. The number of rotatable bonds is 6. The Morgan fingerprint density at radius 3 is 2.50 bits per heavy atom. The van der Waals surface area contributed by atoms with Crippen LogP contribution < -0.4 is 10.6 Å². The van der Waals surface area contributed by atoms with Gasteiger partial charge in [0.15, 0.2) is 0 Å². The van der Waals surface area contributed by atoms with Crippen molar-refractivity contribution in [2.45, 2.75) is 51.0 Å². The summed E-state index contributed by atoms with van der Waals surface area (Å²) >= 11 is 0. The van der Waals surface area contributed by atoms with Gasteiger partial charge in [-0.05, 0) is 12.8 Å². The second-order valence-electron chi connectivity index (χ2n) is 4.49. The first-order valence-electron chi connectivity index (χ1n) is 6.44. The fourth-order valence-corrected chi connectivity index (χ4v) is 2.16. The third-order valence-corrected chi connectivity index (χ3v) is 3.07. The maximum Gasteiger partial charge on any atom is 0.223 e. The Bertz CT molecular complexity index is 208. The van der Waals surface area contributed by atoms with E-state index in [0.717, 1.165) is 13.1 Å². The van der Waals surface area contributed by atoms with Gasteiger partial charge in [-0.15, -0.1) is 6.58 Å². The third kappa shape index (κ3) is 5.91. The van der Waals surface area contributed by atoms with Crippen molar-refractivity contribution in [3.8, 4) is 0 Å². The van der Waals surface area contributed by atoms with Crippen molar-refractivity contribution in [2.24, 2.45) is 0 Å². The summed E-state index contributed by atoms with van der Waals surface area (Å²) in [5, 5.41) is 6.38. The molecule has 16 heavy (non-hydrogen) atoms. The first-order chi connectivity index (χ1) is 7.83. The van der Waals surface area contributed by atoms with Gasteiger partial charge < -0.3 is 10.6 Å². The molecule has 3 heteroatoms. The van der Waals surface area contributed by atoms with E-state index in [0.29, 0.717) is 12.5 Å². The minimum Gasteiger partial charge on any atom is -0.355 e. The molecule has 0 radical (unpaired) electrons. The van der Waals surface area contributed by atoms with Gasteiger partial charge >= 0.3 is 0 Å². The highest BCUT2D eigenvalue weighted by atomic mass is 16.1. The third-order valence-electron chi connectivity index (χ3n) is 3.07. The highest BCUT2D eigenvalue weighted by Gasteiger charge is 2.10. The van der Waals surface area contributed by atoms with Crippen molar-refractivity contribution in [1.29, 1.82) is 0 Å². The lowest BCUT2D eigenvalue weighted by atomic mass is 10.1. The Balaban J connectivity index is 2.01. The van der Waals surface area contributed by atoms with Gasteiger partial charge in [-0.2, -0.15) is 0 Å². The Kier molecular flexibility index (Phi) is 6.90. The standard InChI is InChI=1S/C13H24N2O/c1-2-7-13(16)15-11-10-14-12-8-5-3-4-6-9-12/h2,12,14H,1,3-11H2,(H,15,16). The molecule has 1 fully saturated rings. The SMILES string of the molecule is C=CCC(=O)NCCNC1CCCCCC1. The molecule has 2 N–H and O–H groups in total. The van der Waals surface area contributed by atoms with Crippen LogP contribution in [0.4, 0.5) is 0 Å². The summed E-state index contributed by atoms with van der Waals surface area (Å²) in [7, 11) is 0. The van der Waals surface area contributed by atoms with Crippen molar-refractivity contribution in [3.05, 3.63) is 12.7 Å². The fraction of sp³-hybridized carbons (Fsp3) is 0.769. The van der Waals surface area contributed by atoms with E-state index >= 15 is 0 Å². The van der Waals surface area contributed by atoms with Gasteiger partial charge in [-0.3, -0.25) is 4.79 Å². The minimum absolute atomic E-state index is 0.0673. The molecule has 1 rings (SSSR count). The molecule has 0 aromatic heterocycles. The van der Waals surface area contributed by atoms with Crippen LogP contribution in [0.3, 0.4) is 0 Å². The lowest BCUT2D eigenvalue weighted by molar-refractivity contribution is -0.120. The molecule has 1 saturated carbocycles. The van der Waals surface area contributed by atoms with Gasteiger partial charge in [0, 0.05) is 25.6 Å². The molecule has 3 nitrogen and oxygen atoms in total. The molecule has 0 aliphatic heterocycles. The molecule has 92 valence electrons. The molecule has 1 aliphatic rings. The van der Waals surface area contributed by atoms with E-state index < -0.39 is 0 Å². The van der Waals surface area contributed by atoms with Crippen molar-refractivity contribution >= 4 is 5.91 Å². The Morgan fingerprint density at radius 2 is 1.88 bits per heavy atom. The quantitative estimate of drug-likeness (QED) is 0.411. The van der Waals surface area contributed by atoms with E-state index in [1.807, 2.05) is 0 Å². The summed E-state index contributed by atoms with van der Waals surface area (Å²) in [6.45, 7) is 5.14. The Hall–Kier alpha value is -0.830. The number of amides is 1. The molecule has 0 aromatic carbocycles. The average molecular weight is 224 g/mol. The van der Waals surface area contributed by atoms with Crippen LogP contribution in [0.15, 0.2) is 12.7 Å². The van der Waals surface area contributed by atoms with Gasteiger partial charge in [0.1, 0.15) is 0 Å². The summed E-state index contributed by atoms with van der Waals surface area (Å²) in [6, 6.07) is 0.666. The van der Waals surface area contributed by atoms with Crippen LogP contribution in [0.25, 0.3) is 0 Å². The molecule has 0 heterocycles. The minimum atomic E-state index is 0.0673. The summed E-state index contributed by atoms with van der Waals surface area (Å²) in [5.74, 6) is 0.0673. The van der Waals surface area contributed by atoms with Crippen LogP contribution >= 0.6 is 0 Å². The van der Waals surface area contributed by atoms with Gasteiger partial charge in [0.05, 0.1) is 0 Å². The lowest BCUT2D eigenvalue weighted by Crippen LogP contribution is -2.36. The number of hydrogen-bond donors (Lipinski definition) is 2. The van der Waals surface area contributed by atoms with Crippen LogP contribution in [-0.4, -0.2) is 25.0 Å². The van der Waals surface area contributed by atoms with E-state index in [-0.39, 0.29) is 5.91 Å². The van der Waals surface area contributed by atoms with E-state index in [4.69, 9.17) is 0 Å². The molecule has 1 aliphatic carbocycles. The van der Waals surface area contributed by atoms with Crippen LogP contribution in [0.5, 0.6) is 0 Å². The lowest BCUT2D eigenvalue weighted by Gasteiger charge is -2.16. The second kappa shape index (κ2) is 8.34. The molecule has 0 aromatic rings. The molecule has 0 spiro atoms. The van der Waals surface area contributed by atoms with E-state index in [1.54, 1.807) is 6.08 Å². The fourth-order valence-electron chi connectivity index (χ4n) is 2.16. The smallest absolute Gasteiger partial charge is 0.223 e. The maximum atomic E-state index is 11.1. The average Bonchev–Trinajstić information content (AvgIpc) is 2.53. The summed E-state index contributed by atoms with van der Waals surface area (Å²) in [5.41, 5.74) is 0. The zero-order valence-corrected chi connectivity index (χ0v) is 10.1. The van der Waals surface area contributed by atoms with E-state index in [1.165, 1.54) is 38.5 Å². The molecule has 0 saturated heterocycles. The van der Waals surface area contributed by atoms with Crippen LogP contribution in [0.1, 0.15) is 44.9 Å². The predicted octanol–water partition coefficient (Wildman–Crippen LogP) is 1.99. The number of carbonyl (C=O) groups is 1. The first-order valence-corrected chi connectivity index (χ1v) is 6.44. The van der Waals surface area contributed by atoms with Crippen molar-refractivity contribution in [1.82, 2.24) is 10.6 Å². The molecular formula is C13H24N2O. The van der Waals surface area contributed by atoms with Crippen molar-refractivity contribution < 1.29 is 4.79 Å². The van der Waals surface area contributed by atoms with Crippen LogP contribution in [-0.2, 0) is 4.79 Å². The van der Waals surface area contributed by atoms with E-state index in [2.05, 4.69) is 17.2 Å². The van der Waals surface area contributed by atoms with Crippen LogP contribution in [0, 0.1) is 0 Å². The van der Waals surface area contributed by atoms with Gasteiger partial charge in [-0.1, -0.05) is 31.8 Å². The van der Waals surface area contributed by atoms with Gasteiger partial charge in [0.2, 0.25) is 5.91 Å². The Labute approximate surface area is 98.7 Å². The van der Waals surface area contributed by atoms with Crippen LogP contribution in [0.2, 0.25) is 0 Å². The largest absolute Gasteiger partial charge is 0.355 e. The van der Waals surface area contributed by atoms with Crippen molar-refractivity contribution in [2.75, 3.05) is 13.1 Å². The van der Waals surface area contributed by atoms with E-state index in [9.17, 15) is 4.79 Å². The highest BCUT2D eigenvalue weighted by molar-refractivity contribution is 5.77. The zero-order valence-electron chi connectivity index (χ0n) is 10.1. The van der Waals surface area contributed by atoms with Crippen molar-refractivity contribution in [3.63, 3.8) is 0 Å². The highest BCUT2D eigenvalue weighted by Crippen LogP contribution is 2.16. The number of carbonyl (C=O) groups excluding carboxylic acids is 1. The summed E-state index contributed by atoms with van der Waals surface area (Å²) in [6.07, 6.45) is 10.1. The van der Waals surface area contributed by atoms with Gasteiger partial charge in [-0.25, -0.2) is 0 Å². The number of nitrogens with one attached hydrogen (secondary N) is 2. The molecule has 0 atom stereocenters. The molecule has 0 bridgehead atoms. The first kappa shape index (κ1) is 13.2. The Morgan fingerprint density at radius 1 is 1.19 bits per heavy atom. The second-order valence-corrected chi connectivity index (χ2v) is 4.49. The van der Waals surface area contributed by atoms with Gasteiger partial charge in [0.25, 0.3) is 0 Å².